The molecule has 0 aromatic heterocycles. The van der Waals surface area contributed by atoms with E-state index in [1.807, 2.05) is 37.3 Å². The van der Waals surface area contributed by atoms with Crippen molar-refractivity contribution in [2.24, 2.45) is 4.99 Å². The van der Waals surface area contributed by atoms with Crippen molar-refractivity contribution < 1.29 is 23.7 Å². The molecule has 2 aromatic carbocycles. The Hall–Kier alpha value is -3.29. The molecule has 0 bridgehead atoms. The van der Waals surface area contributed by atoms with Gasteiger partial charge in [0.05, 0.1) is 41.6 Å². The molecule has 2 N–H and O–H groups in total. The van der Waals surface area contributed by atoms with Crippen LogP contribution in [0.25, 0.3) is 0 Å². The van der Waals surface area contributed by atoms with Crippen LogP contribution in [-0.4, -0.2) is 47.6 Å². The van der Waals surface area contributed by atoms with E-state index in [1.165, 1.54) is 0 Å². The lowest BCUT2D eigenvalue weighted by atomic mass is 10.2. The first kappa shape index (κ1) is 25.0. The maximum Gasteiger partial charge on any atom is 0.203 e. The van der Waals surface area contributed by atoms with E-state index in [9.17, 15) is 0 Å². The highest BCUT2D eigenvalue weighted by Crippen LogP contribution is 2.38. The van der Waals surface area contributed by atoms with Gasteiger partial charge in [-0.3, -0.25) is 0 Å². The Bertz CT molecular complexity index is 861. The molecule has 0 spiro atoms. The normalized spacial score (nSPS) is 11.0. The van der Waals surface area contributed by atoms with Crippen molar-refractivity contribution in [1.82, 2.24) is 10.6 Å². The topological polar surface area (TPSA) is 82.6 Å². The number of nitrogens with one attached hydrogen (secondary N) is 2. The van der Waals surface area contributed by atoms with E-state index in [1.54, 1.807) is 28.4 Å². The first-order chi connectivity index (χ1) is 15.6. The largest absolute Gasteiger partial charge is 0.493 e. The summed E-state index contributed by atoms with van der Waals surface area (Å²) in [5.41, 5.74) is 2.00. The highest BCUT2D eigenvalue weighted by Gasteiger charge is 2.13. The zero-order chi connectivity index (χ0) is 23.3. The van der Waals surface area contributed by atoms with Crippen LogP contribution in [0.3, 0.4) is 0 Å². The second-order valence-electron chi connectivity index (χ2n) is 6.92. The first-order valence-corrected chi connectivity index (χ1v) is 10.7. The fourth-order valence-corrected chi connectivity index (χ4v) is 3.08. The van der Waals surface area contributed by atoms with Crippen molar-refractivity contribution >= 4 is 5.96 Å². The van der Waals surface area contributed by atoms with E-state index in [0.717, 1.165) is 35.6 Å². The molecule has 0 atom stereocenters. The number of hydrogen-bond donors (Lipinski definition) is 2. The molecule has 8 nitrogen and oxygen atoms in total. The second-order valence-corrected chi connectivity index (χ2v) is 6.92. The Kier molecular flexibility index (Phi) is 10.3. The van der Waals surface area contributed by atoms with Gasteiger partial charge in [-0.05, 0) is 48.7 Å². The van der Waals surface area contributed by atoms with E-state index >= 15 is 0 Å². The van der Waals surface area contributed by atoms with Gasteiger partial charge in [-0.2, -0.15) is 0 Å². The number of ether oxygens (including phenoxy) is 5. The van der Waals surface area contributed by atoms with Gasteiger partial charge in [-0.15, -0.1) is 0 Å². The minimum atomic E-state index is 0.444. The number of benzene rings is 2. The highest BCUT2D eigenvalue weighted by molar-refractivity contribution is 5.79. The molecule has 0 aliphatic rings. The van der Waals surface area contributed by atoms with Crippen LogP contribution in [0, 0.1) is 0 Å². The van der Waals surface area contributed by atoms with Crippen LogP contribution in [0.1, 0.15) is 31.4 Å². The summed E-state index contributed by atoms with van der Waals surface area (Å²) in [5, 5.41) is 6.62. The van der Waals surface area contributed by atoms with Crippen molar-refractivity contribution in [3.8, 4) is 28.7 Å². The van der Waals surface area contributed by atoms with E-state index in [4.69, 9.17) is 28.7 Å². The average Bonchev–Trinajstić information content (AvgIpc) is 2.83. The van der Waals surface area contributed by atoms with Crippen molar-refractivity contribution in [3.05, 3.63) is 41.5 Å². The third-order valence-electron chi connectivity index (χ3n) is 4.64. The lowest BCUT2D eigenvalue weighted by Crippen LogP contribution is -2.36. The molecule has 0 saturated heterocycles. The summed E-state index contributed by atoms with van der Waals surface area (Å²) >= 11 is 0. The Labute approximate surface area is 190 Å². The Balaban J connectivity index is 2.12. The van der Waals surface area contributed by atoms with Crippen LogP contribution in [0.5, 0.6) is 28.7 Å². The second kappa shape index (κ2) is 13.2. The number of rotatable bonds is 12. The van der Waals surface area contributed by atoms with Crippen LogP contribution in [0.15, 0.2) is 35.3 Å². The monoisotopic (exact) mass is 445 g/mol. The molecule has 0 aliphatic carbocycles. The molecule has 0 unspecified atom stereocenters. The van der Waals surface area contributed by atoms with E-state index in [-0.39, 0.29) is 0 Å². The summed E-state index contributed by atoms with van der Waals surface area (Å²) in [6, 6.07) is 9.72. The quantitative estimate of drug-likeness (QED) is 0.380. The van der Waals surface area contributed by atoms with Gasteiger partial charge in [0.15, 0.2) is 29.0 Å². The maximum atomic E-state index is 5.73. The standard InChI is InChI=1S/C24H35N3O5/c1-7-11-32-19-10-9-17(12-20(19)28-3)15-26-24(25-8-2)27-16-18-13-21(29-4)23(31-6)22(14-18)30-5/h9-10,12-14H,7-8,11,15-16H2,1-6H3,(H2,25,26,27). The predicted molar refractivity (Wildman–Crippen MR) is 127 cm³/mol. The number of guanidine groups is 1. The molecular weight excluding hydrogens is 410 g/mol. The molecule has 176 valence electrons. The van der Waals surface area contributed by atoms with Gasteiger partial charge in [0.1, 0.15) is 0 Å². The minimum absolute atomic E-state index is 0.444. The Morgan fingerprint density at radius 3 is 2.00 bits per heavy atom. The van der Waals surface area contributed by atoms with E-state index < -0.39 is 0 Å². The third-order valence-corrected chi connectivity index (χ3v) is 4.64. The number of nitrogens with zero attached hydrogens (tertiary/aromatic N) is 1. The number of aliphatic imine (C=N–C) groups is 1. The molecule has 0 fully saturated rings. The summed E-state index contributed by atoms with van der Waals surface area (Å²) in [6.07, 6.45) is 0.945. The zero-order valence-electron chi connectivity index (χ0n) is 19.9. The molecule has 0 radical (unpaired) electrons. The summed E-state index contributed by atoms with van der Waals surface area (Å²) < 4.78 is 27.4. The average molecular weight is 446 g/mol. The number of hydrogen-bond acceptors (Lipinski definition) is 6. The van der Waals surface area contributed by atoms with Crippen LogP contribution in [0.4, 0.5) is 0 Å². The molecule has 0 saturated carbocycles. The van der Waals surface area contributed by atoms with E-state index in [2.05, 4.69) is 17.6 Å². The highest BCUT2D eigenvalue weighted by atomic mass is 16.5. The molecule has 8 heteroatoms. The van der Waals surface area contributed by atoms with Crippen molar-refractivity contribution in [2.75, 3.05) is 41.6 Å². The molecule has 0 heterocycles. The predicted octanol–water partition coefficient (Wildman–Crippen LogP) is 3.77. The SMILES string of the molecule is CCCOc1ccc(CNC(=NCc2cc(OC)c(OC)c(OC)c2)NCC)cc1OC. The van der Waals surface area contributed by atoms with Crippen LogP contribution < -0.4 is 34.3 Å². The van der Waals surface area contributed by atoms with Gasteiger partial charge in [0.25, 0.3) is 0 Å². The summed E-state index contributed by atoms with van der Waals surface area (Å²) in [7, 11) is 6.43. The fourth-order valence-electron chi connectivity index (χ4n) is 3.08. The Morgan fingerprint density at radius 2 is 1.44 bits per heavy atom. The molecule has 0 amide bonds. The first-order valence-electron chi connectivity index (χ1n) is 10.7. The van der Waals surface area contributed by atoms with Crippen molar-refractivity contribution in [1.29, 1.82) is 0 Å². The molecule has 0 aliphatic heterocycles. The Morgan fingerprint density at radius 1 is 0.781 bits per heavy atom. The lowest BCUT2D eigenvalue weighted by molar-refractivity contribution is 0.294. The number of methoxy groups -OCH3 is 4. The van der Waals surface area contributed by atoms with Gasteiger partial charge in [0, 0.05) is 13.1 Å². The van der Waals surface area contributed by atoms with Crippen molar-refractivity contribution in [3.63, 3.8) is 0 Å². The van der Waals surface area contributed by atoms with Crippen LogP contribution in [0.2, 0.25) is 0 Å². The van der Waals surface area contributed by atoms with E-state index in [0.29, 0.717) is 42.9 Å². The van der Waals surface area contributed by atoms with Gasteiger partial charge >= 0.3 is 0 Å². The van der Waals surface area contributed by atoms with Gasteiger partial charge in [-0.25, -0.2) is 4.99 Å². The van der Waals surface area contributed by atoms with Crippen molar-refractivity contribution in [2.45, 2.75) is 33.4 Å². The van der Waals surface area contributed by atoms with Gasteiger partial charge in [0.2, 0.25) is 5.75 Å². The van der Waals surface area contributed by atoms with Gasteiger partial charge in [-0.1, -0.05) is 13.0 Å². The zero-order valence-corrected chi connectivity index (χ0v) is 19.9. The minimum Gasteiger partial charge on any atom is -0.493 e. The third kappa shape index (κ3) is 6.87. The van der Waals surface area contributed by atoms with Gasteiger partial charge < -0.3 is 34.3 Å². The molecule has 32 heavy (non-hydrogen) atoms. The fraction of sp³-hybridized carbons (Fsp3) is 0.458. The molecule has 2 aromatic rings. The van der Waals surface area contributed by atoms with Crippen LogP contribution in [-0.2, 0) is 13.1 Å². The summed E-state index contributed by atoms with van der Waals surface area (Å²) in [5.74, 6) is 3.94. The summed E-state index contributed by atoms with van der Waals surface area (Å²) in [4.78, 5) is 4.69. The molecular formula is C24H35N3O5. The summed E-state index contributed by atoms with van der Waals surface area (Å²) in [6.45, 7) is 6.54. The lowest BCUT2D eigenvalue weighted by Gasteiger charge is -2.15. The smallest absolute Gasteiger partial charge is 0.203 e. The maximum absolute atomic E-state index is 5.73. The molecule has 2 rings (SSSR count). The van der Waals surface area contributed by atoms with Crippen LogP contribution >= 0.6 is 0 Å².